The van der Waals surface area contributed by atoms with Gasteiger partial charge in [0.15, 0.2) is 6.10 Å². The van der Waals surface area contributed by atoms with Crippen LogP contribution in [-0.4, -0.2) is 37.2 Å². The molecule has 0 rings (SSSR count). The van der Waals surface area contributed by atoms with Gasteiger partial charge in [-0.05, 0) is 70.6 Å². The molecule has 0 aromatic heterocycles. The Morgan fingerprint density at radius 3 is 0.879 bits per heavy atom. The van der Waals surface area contributed by atoms with Crippen LogP contribution in [0.2, 0.25) is 0 Å². The van der Waals surface area contributed by atoms with E-state index in [1.807, 2.05) is 0 Å². The summed E-state index contributed by atoms with van der Waals surface area (Å²) in [5, 5.41) is 0. The lowest BCUT2D eigenvalue weighted by molar-refractivity contribution is -0.167. The fraction of sp³-hybridized carbons (Fsp3) is 0.865. The van der Waals surface area contributed by atoms with Gasteiger partial charge in [-0.15, -0.1) is 0 Å². The van der Waals surface area contributed by atoms with Gasteiger partial charge < -0.3 is 14.2 Å². The molecule has 0 saturated heterocycles. The number of unbranched alkanes of at least 4 members (excludes halogenated alkanes) is 31. The normalized spacial score (nSPS) is 12.1. The van der Waals surface area contributed by atoms with Gasteiger partial charge in [-0.25, -0.2) is 0 Å². The molecular formula is C52H96O6. The quantitative estimate of drug-likeness (QED) is 0.0263. The van der Waals surface area contributed by atoms with Crippen LogP contribution in [0.5, 0.6) is 0 Å². The first-order chi connectivity index (χ1) is 28.5. The molecule has 0 spiro atoms. The predicted molar refractivity (Wildman–Crippen MR) is 247 cm³/mol. The highest BCUT2D eigenvalue weighted by Crippen LogP contribution is 2.15. The monoisotopic (exact) mass is 817 g/mol. The van der Waals surface area contributed by atoms with E-state index in [1.54, 1.807) is 0 Å². The Morgan fingerprint density at radius 2 is 0.569 bits per heavy atom. The fourth-order valence-electron chi connectivity index (χ4n) is 7.31. The van der Waals surface area contributed by atoms with E-state index in [-0.39, 0.29) is 31.1 Å². The van der Waals surface area contributed by atoms with E-state index in [9.17, 15) is 14.4 Å². The van der Waals surface area contributed by atoms with E-state index in [0.717, 1.165) is 64.2 Å². The summed E-state index contributed by atoms with van der Waals surface area (Å²) >= 11 is 0. The number of hydrogen-bond donors (Lipinski definition) is 0. The summed E-state index contributed by atoms with van der Waals surface area (Å²) in [4.78, 5) is 37.9. The zero-order chi connectivity index (χ0) is 42.3. The minimum Gasteiger partial charge on any atom is -0.462 e. The molecule has 6 heteroatoms. The number of allylic oxidation sites excluding steroid dienone is 4. The van der Waals surface area contributed by atoms with Gasteiger partial charge in [-0.1, -0.05) is 206 Å². The highest BCUT2D eigenvalue weighted by atomic mass is 16.6. The third-order valence-corrected chi connectivity index (χ3v) is 11.2. The Labute approximate surface area is 360 Å². The fourth-order valence-corrected chi connectivity index (χ4v) is 7.31. The molecule has 0 aromatic carbocycles. The molecule has 58 heavy (non-hydrogen) atoms. The Bertz CT molecular complexity index is 942. The first kappa shape index (κ1) is 55.9. The van der Waals surface area contributed by atoms with Gasteiger partial charge in [0, 0.05) is 19.3 Å². The summed E-state index contributed by atoms with van der Waals surface area (Å²) in [7, 11) is 0. The Hall–Kier alpha value is -2.11. The van der Waals surface area contributed by atoms with Crippen molar-refractivity contribution in [2.75, 3.05) is 13.2 Å². The van der Waals surface area contributed by atoms with Gasteiger partial charge >= 0.3 is 17.9 Å². The summed E-state index contributed by atoms with van der Waals surface area (Å²) < 4.78 is 16.8. The topological polar surface area (TPSA) is 78.9 Å². The minimum absolute atomic E-state index is 0.0727. The van der Waals surface area contributed by atoms with Gasteiger partial charge in [0.05, 0.1) is 0 Å². The van der Waals surface area contributed by atoms with Crippen LogP contribution in [0, 0.1) is 0 Å². The molecule has 0 unspecified atom stereocenters. The molecule has 0 aromatic rings. The van der Waals surface area contributed by atoms with Gasteiger partial charge in [-0.3, -0.25) is 14.4 Å². The largest absolute Gasteiger partial charge is 0.462 e. The summed E-state index contributed by atoms with van der Waals surface area (Å²) in [6.45, 7) is 6.61. The van der Waals surface area contributed by atoms with Crippen molar-refractivity contribution < 1.29 is 28.6 Å². The molecule has 0 bridgehead atoms. The number of rotatable bonds is 46. The van der Waals surface area contributed by atoms with E-state index in [2.05, 4.69) is 45.1 Å². The van der Waals surface area contributed by atoms with E-state index in [1.165, 1.54) is 167 Å². The highest BCUT2D eigenvalue weighted by molar-refractivity contribution is 5.71. The number of carbonyl (C=O) groups excluding carboxylic acids is 3. The van der Waals surface area contributed by atoms with Crippen LogP contribution in [0.25, 0.3) is 0 Å². The third kappa shape index (κ3) is 45.0. The lowest BCUT2D eigenvalue weighted by Crippen LogP contribution is -2.30. The van der Waals surface area contributed by atoms with Crippen molar-refractivity contribution in [1.82, 2.24) is 0 Å². The zero-order valence-electron chi connectivity index (χ0n) is 38.8. The summed E-state index contributed by atoms with van der Waals surface area (Å²) in [6.07, 6.45) is 52.9. The first-order valence-corrected chi connectivity index (χ1v) is 25.3. The van der Waals surface area contributed by atoms with E-state index >= 15 is 0 Å². The van der Waals surface area contributed by atoms with Crippen molar-refractivity contribution in [2.45, 2.75) is 277 Å². The minimum atomic E-state index is -0.770. The molecule has 6 nitrogen and oxygen atoms in total. The molecule has 0 heterocycles. The van der Waals surface area contributed by atoms with Crippen molar-refractivity contribution in [3.8, 4) is 0 Å². The molecule has 0 N–H and O–H groups in total. The van der Waals surface area contributed by atoms with Gasteiger partial charge in [0.1, 0.15) is 13.2 Å². The third-order valence-electron chi connectivity index (χ3n) is 11.2. The second-order valence-corrected chi connectivity index (χ2v) is 17.1. The van der Waals surface area contributed by atoms with Crippen molar-refractivity contribution >= 4 is 17.9 Å². The number of esters is 3. The van der Waals surface area contributed by atoms with Crippen molar-refractivity contribution in [2.24, 2.45) is 0 Å². The van der Waals surface area contributed by atoms with Crippen LogP contribution < -0.4 is 0 Å². The molecule has 0 radical (unpaired) electrons. The van der Waals surface area contributed by atoms with Gasteiger partial charge in [0.2, 0.25) is 0 Å². The lowest BCUT2D eigenvalue weighted by atomic mass is 10.0. The van der Waals surface area contributed by atoms with Crippen LogP contribution in [-0.2, 0) is 28.6 Å². The molecular weight excluding hydrogens is 721 g/mol. The van der Waals surface area contributed by atoms with Crippen molar-refractivity contribution in [3.05, 3.63) is 24.3 Å². The standard InChI is InChI=1S/C52H96O6/c1-4-7-10-13-16-19-22-25-26-28-31-33-36-39-42-45-51(54)57-48-49(58-52(55)46-43-40-37-34-29-24-21-18-15-12-9-6-3)47-56-50(53)44-41-38-35-32-30-27-23-20-17-14-11-8-5-2/h19-20,22-23,49H,4-18,21,24-48H2,1-3H3/b22-19-,23-20-/t49-/m0/s1. The highest BCUT2D eigenvalue weighted by Gasteiger charge is 2.19. The summed E-state index contributed by atoms with van der Waals surface area (Å²) in [6, 6.07) is 0. The Morgan fingerprint density at radius 1 is 0.328 bits per heavy atom. The van der Waals surface area contributed by atoms with Gasteiger partial charge in [0.25, 0.3) is 0 Å². The number of hydrogen-bond acceptors (Lipinski definition) is 6. The number of ether oxygens (including phenoxy) is 3. The lowest BCUT2D eigenvalue weighted by Gasteiger charge is -2.18. The van der Waals surface area contributed by atoms with Crippen molar-refractivity contribution in [1.29, 1.82) is 0 Å². The Balaban J connectivity index is 4.35. The molecule has 0 aliphatic carbocycles. The van der Waals surface area contributed by atoms with Crippen LogP contribution in [0.3, 0.4) is 0 Å². The Kier molecular flexibility index (Phi) is 45.8. The van der Waals surface area contributed by atoms with Crippen LogP contribution >= 0.6 is 0 Å². The average Bonchev–Trinajstić information content (AvgIpc) is 3.22. The molecule has 0 aliphatic rings. The van der Waals surface area contributed by atoms with Gasteiger partial charge in [-0.2, -0.15) is 0 Å². The second kappa shape index (κ2) is 47.6. The van der Waals surface area contributed by atoms with E-state index in [0.29, 0.717) is 19.3 Å². The molecule has 0 amide bonds. The molecule has 0 aliphatic heterocycles. The van der Waals surface area contributed by atoms with Crippen LogP contribution in [0.1, 0.15) is 271 Å². The summed E-state index contributed by atoms with van der Waals surface area (Å²) in [5.41, 5.74) is 0. The smallest absolute Gasteiger partial charge is 0.306 e. The maximum Gasteiger partial charge on any atom is 0.306 e. The molecule has 340 valence electrons. The molecule has 0 saturated carbocycles. The zero-order valence-corrected chi connectivity index (χ0v) is 38.8. The van der Waals surface area contributed by atoms with Crippen molar-refractivity contribution in [3.63, 3.8) is 0 Å². The first-order valence-electron chi connectivity index (χ1n) is 25.3. The predicted octanol–water partition coefficient (Wildman–Crippen LogP) is 16.4. The molecule has 0 fully saturated rings. The van der Waals surface area contributed by atoms with E-state index in [4.69, 9.17) is 14.2 Å². The SMILES string of the molecule is CCCCCC/C=C\CCCCCCCCCC(=O)OC[C@H](COC(=O)CCCCCCC/C=C\CCCCCC)OC(=O)CCCCCCCCCCCCCC. The van der Waals surface area contributed by atoms with Crippen LogP contribution in [0.4, 0.5) is 0 Å². The maximum atomic E-state index is 12.8. The average molecular weight is 817 g/mol. The van der Waals surface area contributed by atoms with Crippen LogP contribution in [0.15, 0.2) is 24.3 Å². The van der Waals surface area contributed by atoms with E-state index < -0.39 is 6.10 Å². The summed E-state index contributed by atoms with van der Waals surface area (Å²) in [5.74, 6) is -0.875. The number of carbonyl (C=O) groups is 3. The maximum absolute atomic E-state index is 12.8. The second-order valence-electron chi connectivity index (χ2n) is 17.1. The molecule has 1 atom stereocenters.